The molecule has 0 saturated carbocycles. The molecular weight excluding hydrogens is 528 g/mol. The molecule has 2 atom stereocenters. The molecule has 9 heteroatoms. The zero-order chi connectivity index (χ0) is 25.7. The Morgan fingerprint density at radius 1 is 1.21 bits per heavy atom. The molecule has 1 heterocycles. The number of nitrogens with one attached hydrogen (secondary N) is 1. The van der Waals surface area contributed by atoms with Crippen LogP contribution in [0.25, 0.3) is 11.0 Å². The molecule has 0 saturated heterocycles. The molecule has 1 N–H and O–H groups in total. The number of hydrogen-bond acceptors (Lipinski definition) is 5. The molecule has 2 aromatic carbocycles. The lowest BCUT2D eigenvalue weighted by Crippen LogP contribution is -2.49. The van der Waals surface area contributed by atoms with Crippen LogP contribution in [0.15, 0.2) is 42.5 Å². The molecular formula is C29H40Cl2FN3O3. The summed E-state index contributed by atoms with van der Waals surface area (Å²) in [6, 6.07) is 13.1. The minimum absolute atomic E-state index is 0. The standard InChI is InChI=1S/C29H38FN3O3.2ClH/c1-20(2)28-23-12-11-22(30)18-21(23)13-14-29(28,36-27(34)19-35-4)15-17-33(3)16-7-10-26-31-24-8-5-6-9-25(24)32-26;;/h5-6,8-9,11-12,18,20,28H,7,10,13-17,19H2,1-4H3,(H,31,32);2*1H/t28-,29+;;/m1../s1. The first kappa shape index (κ1) is 32.0. The molecule has 1 aliphatic rings. The van der Waals surface area contributed by atoms with Gasteiger partial charge in [-0.05, 0) is 74.2 Å². The Morgan fingerprint density at radius 2 is 1.97 bits per heavy atom. The van der Waals surface area contributed by atoms with Gasteiger partial charge in [-0.15, -0.1) is 24.8 Å². The molecule has 0 amide bonds. The van der Waals surface area contributed by atoms with Gasteiger partial charge in [-0.3, -0.25) is 0 Å². The van der Waals surface area contributed by atoms with Crippen LogP contribution in [0.3, 0.4) is 0 Å². The molecule has 210 valence electrons. The van der Waals surface area contributed by atoms with Crippen LogP contribution in [0.4, 0.5) is 4.39 Å². The SMILES string of the molecule is COCC(=O)O[C@]1(CCN(C)CCCc2nc3ccccc3[nH]2)CCc2cc(F)ccc2[C@H]1C(C)C.Cl.Cl. The second-order valence-electron chi connectivity index (χ2n) is 10.4. The number of nitrogens with zero attached hydrogens (tertiary/aromatic N) is 2. The number of para-hydroxylation sites is 2. The number of aromatic amines is 1. The van der Waals surface area contributed by atoms with E-state index in [1.165, 1.54) is 13.2 Å². The van der Waals surface area contributed by atoms with E-state index in [1.54, 1.807) is 6.07 Å². The Kier molecular flexibility index (Phi) is 12.0. The summed E-state index contributed by atoms with van der Waals surface area (Å²) in [5.41, 5.74) is 3.53. The molecule has 0 unspecified atom stereocenters. The Bertz CT molecular complexity index is 1160. The predicted molar refractivity (Wildman–Crippen MR) is 154 cm³/mol. The molecule has 0 aliphatic heterocycles. The fraction of sp³-hybridized carbons (Fsp3) is 0.517. The lowest BCUT2D eigenvalue weighted by atomic mass is 9.65. The van der Waals surface area contributed by atoms with Gasteiger partial charge in [0, 0.05) is 32.4 Å². The van der Waals surface area contributed by atoms with Crippen molar-refractivity contribution < 1.29 is 18.7 Å². The van der Waals surface area contributed by atoms with Crippen molar-refractivity contribution in [3.8, 4) is 0 Å². The molecule has 0 spiro atoms. The summed E-state index contributed by atoms with van der Waals surface area (Å²) >= 11 is 0. The normalized spacial score (nSPS) is 18.7. The number of carbonyl (C=O) groups excluding carboxylic acids is 1. The molecule has 1 aromatic heterocycles. The van der Waals surface area contributed by atoms with Crippen LogP contribution in [-0.2, 0) is 27.1 Å². The summed E-state index contributed by atoms with van der Waals surface area (Å²) in [6.45, 7) is 5.93. The summed E-state index contributed by atoms with van der Waals surface area (Å²) in [7, 11) is 3.61. The van der Waals surface area contributed by atoms with E-state index in [0.717, 1.165) is 53.9 Å². The van der Waals surface area contributed by atoms with Crippen LogP contribution < -0.4 is 0 Å². The maximum absolute atomic E-state index is 14.0. The number of H-pyrrole nitrogens is 1. The summed E-state index contributed by atoms with van der Waals surface area (Å²) in [5.74, 6) is 0.658. The van der Waals surface area contributed by atoms with Gasteiger partial charge in [-0.1, -0.05) is 32.0 Å². The number of ether oxygens (including phenoxy) is 2. The second kappa shape index (κ2) is 14.3. The molecule has 38 heavy (non-hydrogen) atoms. The van der Waals surface area contributed by atoms with E-state index in [0.29, 0.717) is 19.3 Å². The monoisotopic (exact) mass is 567 g/mol. The van der Waals surface area contributed by atoms with Crippen molar-refractivity contribution in [2.75, 3.05) is 33.9 Å². The zero-order valence-corrected chi connectivity index (χ0v) is 24.3. The van der Waals surface area contributed by atoms with Crippen LogP contribution in [0.1, 0.15) is 56.0 Å². The Labute approximate surface area is 237 Å². The van der Waals surface area contributed by atoms with Crippen molar-refractivity contribution in [1.82, 2.24) is 14.9 Å². The number of esters is 1. The van der Waals surface area contributed by atoms with Crippen LogP contribution in [0.2, 0.25) is 0 Å². The maximum Gasteiger partial charge on any atom is 0.332 e. The Balaban J connectivity index is 0.00000253. The van der Waals surface area contributed by atoms with E-state index >= 15 is 0 Å². The number of benzene rings is 2. The van der Waals surface area contributed by atoms with Gasteiger partial charge in [0.25, 0.3) is 0 Å². The third-order valence-corrected chi connectivity index (χ3v) is 7.38. The smallest absolute Gasteiger partial charge is 0.332 e. The zero-order valence-electron chi connectivity index (χ0n) is 22.7. The summed E-state index contributed by atoms with van der Waals surface area (Å²) < 4.78 is 25.3. The molecule has 3 aromatic rings. The third kappa shape index (κ3) is 7.47. The van der Waals surface area contributed by atoms with Crippen LogP contribution in [-0.4, -0.2) is 60.3 Å². The fourth-order valence-electron chi connectivity index (χ4n) is 5.80. The van der Waals surface area contributed by atoms with E-state index in [4.69, 9.17) is 9.47 Å². The van der Waals surface area contributed by atoms with Gasteiger partial charge >= 0.3 is 5.97 Å². The van der Waals surface area contributed by atoms with E-state index in [1.807, 2.05) is 30.3 Å². The van der Waals surface area contributed by atoms with E-state index in [9.17, 15) is 9.18 Å². The van der Waals surface area contributed by atoms with E-state index in [2.05, 4.69) is 35.8 Å². The number of rotatable bonds is 11. The van der Waals surface area contributed by atoms with Crippen LogP contribution >= 0.6 is 24.8 Å². The van der Waals surface area contributed by atoms with Crippen molar-refractivity contribution in [3.63, 3.8) is 0 Å². The molecule has 4 rings (SSSR count). The molecule has 0 fully saturated rings. The maximum atomic E-state index is 14.0. The number of carbonyl (C=O) groups is 1. The van der Waals surface area contributed by atoms with E-state index < -0.39 is 5.60 Å². The van der Waals surface area contributed by atoms with Crippen molar-refractivity contribution >= 4 is 41.8 Å². The largest absolute Gasteiger partial charge is 0.457 e. The number of aromatic nitrogens is 2. The van der Waals surface area contributed by atoms with Crippen molar-refractivity contribution in [1.29, 1.82) is 0 Å². The summed E-state index contributed by atoms with van der Waals surface area (Å²) in [4.78, 5) is 23.0. The van der Waals surface area contributed by atoms with Gasteiger partial charge in [0.05, 0.1) is 11.0 Å². The molecule has 0 bridgehead atoms. The Hall–Kier alpha value is -2.19. The van der Waals surface area contributed by atoms with Gasteiger partial charge in [-0.25, -0.2) is 14.2 Å². The second-order valence-corrected chi connectivity index (χ2v) is 10.4. The first-order valence-corrected chi connectivity index (χ1v) is 12.9. The molecule has 6 nitrogen and oxygen atoms in total. The topological polar surface area (TPSA) is 67.5 Å². The van der Waals surface area contributed by atoms with Crippen molar-refractivity contribution in [2.45, 2.75) is 57.5 Å². The summed E-state index contributed by atoms with van der Waals surface area (Å²) in [5, 5.41) is 0. The quantitative estimate of drug-likeness (QED) is 0.283. The van der Waals surface area contributed by atoms with Gasteiger partial charge in [0.15, 0.2) is 0 Å². The highest BCUT2D eigenvalue weighted by Crippen LogP contribution is 2.48. The minimum Gasteiger partial charge on any atom is -0.457 e. The van der Waals surface area contributed by atoms with Crippen molar-refractivity contribution in [2.24, 2.45) is 5.92 Å². The van der Waals surface area contributed by atoms with Crippen LogP contribution in [0.5, 0.6) is 0 Å². The summed E-state index contributed by atoms with van der Waals surface area (Å²) in [6.07, 6.45) is 3.92. The van der Waals surface area contributed by atoms with Gasteiger partial charge in [-0.2, -0.15) is 0 Å². The minimum atomic E-state index is -0.651. The predicted octanol–water partition coefficient (Wildman–Crippen LogP) is 6.11. The molecule has 0 radical (unpaired) electrons. The number of fused-ring (bicyclic) bond motifs is 2. The van der Waals surface area contributed by atoms with E-state index in [-0.39, 0.29) is 55.0 Å². The van der Waals surface area contributed by atoms with Crippen molar-refractivity contribution in [3.05, 3.63) is 65.2 Å². The average Bonchev–Trinajstić information content (AvgIpc) is 3.25. The van der Waals surface area contributed by atoms with Gasteiger partial charge in [0.1, 0.15) is 23.8 Å². The third-order valence-electron chi connectivity index (χ3n) is 7.38. The lowest BCUT2D eigenvalue weighted by molar-refractivity contribution is -0.172. The lowest BCUT2D eigenvalue weighted by Gasteiger charge is -2.47. The van der Waals surface area contributed by atoms with Crippen LogP contribution in [0, 0.1) is 11.7 Å². The highest BCUT2D eigenvalue weighted by molar-refractivity contribution is 5.85. The highest BCUT2D eigenvalue weighted by atomic mass is 35.5. The number of aryl methyl sites for hydroxylation is 2. The van der Waals surface area contributed by atoms with Gasteiger partial charge in [0.2, 0.25) is 0 Å². The number of hydrogen-bond donors (Lipinski definition) is 1. The first-order chi connectivity index (χ1) is 17.3. The number of halogens is 3. The number of imidazole rings is 1. The fourth-order valence-corrected chi connectivity index (χ4v) is 5.80. The molecule has 1 aliphatic carbocycles. The number of methoxy groups -OCH3 is 1. The Morgan fingerprint density at radius 3 is 2.68 bits per heavy atom. The van der Waals surface area contributed by atoms with Gasteiger partial charge < -0.3 is 19.4 Å². The average molecular weight is 569 g/mol. The first-order valence-electron chi connectivity index (χ1n) is 12.9. The highest BCUT2D eigenvalue weighted by Gasteiger charge is 2.47.